The Bertz CT molecular complexity index is 1320. The van der Waals surface area contributed by atoms with E-state index in [1.165, 1.54) is 16.2 Å². The summed E-state index contributed by atoms with van der Waals surface area (Å²) in [5.74, 6) is -0.655. The van der Waals surface area contributed by atoms with Gasteiger partial charge in [0.1, 0.15) is 11.5 Å². The fourth-order valence-electron chi connectivity index (χ4n) is 3.22. The van der Waals surface area contributed by atoms with Crippen molar-refractivity contribution in [2.75, 3.05) is 17.8 Å². The average Bonchev–Trinajstić information content (AvgIpc) is 3.21. The molecule has 0 atom stereocenters. The SMILES string of the molecule is COc1ccc2nc(N(Cc3cccnc3)C(=O)CS(=O)(=O)Cc3ccccc3)sc2c1. The quantitative estimate of drug-likeness (QED) is 0.391. The highest BCUT2D eigenvalue weighted by molar-refractivity contribution is 7.91. The molecule has 4 rings (SSSR count). The van der Waals surface area contributed by atoms with Crippen LogP contribution in [0.15, 0.2) is 73.1 Å². The number of rotatable bonds is 8. The average molecular weight is 468 g/mol. The van der Waals surface area contributed by atoms with E-state index in [2.05, 4.69) is 9.97 Å². The summed E-state index contributed by atoms with van der Waals surface area (Å²) < 4.78 is 31.6. The highest BCUT2D eigenvalue weighted by Gasteiger charge is 2.26. The lowest BCUT2D eigenvalue weighted by molar-refractivity contribution is -0.116. The van der Waals surface area contributed by atoms with E-state index in [0.29, 0.717) is 22.0 Å². The molecule has 0 bridgehead atoms. The van der Waals surface area contributed by atoms with Crippen LogP contribution in [0.2, 0.25) is 0 Å². The van der Waals surface area contributed by atoms with Crippen molar-refractivity contribution in [2.45, 2.75) is 12.3 Å². The van der Waals surface area contributed by atoms with Crippen molar-refractivity contribution in [1.82, 2.24) is 9.97 Å². The molecule has 2 aromatic carbocycles. The maximum absolute atomic E-state index is 13.2. The van der Waals surface area contributed by atoms with Crippen molar-refractivity contribution in [2.24, 2.45) is 0 Å². The van der Waals surface area contributed by atoms with Gasteiger partial charge in [-0.3, -0.25) is 14.7 Å². The molecule has 32 heavy (non-hydrogen) atoms. The second-order valence-corrected chi connectivity index (χ2v) is 10.3. The van der Waals surface area contributed by atoms with Crippen LogP contribution >= 0.6 is 11.3 Å². The number of sulfone groups is 1. The molecule has 0 unspecified atom stereocenters. The zero-order valence-corrected chi connectivity index (χ0v) is 19.0. The van der Waals surface area contributed by atoms with E-state index < -0.39 is 21.5 Å². The number of ether oxygens (including phenoxy) is 1. The largest absolute Gasteiger partial charge is 0.497 e. The van der Waals surface area contributed by atoms with Crippen molar-refractivity contribution >= 4 is 42.4 Å². The van der Waals surface area contributed by atoms with Crippen LogP contribution in [-0.4, -0.2) is 37.2 Å². The summed E-state index contributed by atoms with van der Waals surface area (Å²) in [6.07, 6.45) is 3.29. The number of hydrogen-bond donors (Lipinski definition) is 0. The van der Waals surface area contributed by atoms with Gasteiger partial charge in [-0.05, 0) is 35.4 Å². The first-order valence-electron chi connectivity index (χ1n) is 9.82. The van der Waals surface area contributed by atoms with Gasteiger partial charge in [-0.1, -0.05) is 47.7 Å². The molecule has 4 aromatic rings. The van der Waals surface area contributed by atoms with E-state index in [9.17, 15) is 13.2 Å². The summed E-state index contributed by atoms with van der Waals surface area (Å²) in [5, 5.41) is 0.428. The monoisotopic (exact) mass is 467 g/mol. The number of thiazole rings is 1. The van der Waals surface area contributed by atoms with Gasteiger partial charge in [0, 0.05) is 12.4 Å². The third kappa shape index (κ3) is 5.30. The van der Waals surface area contributed by atoms with Gasteiger partial charge in [0.25, 0.3) is 0 Å². The van der Waals surface area contributed by atoms with Gasteiger partial charge in [-0.15, -0.1) is 0 Å². The summed E-state index contributed by atoms with van der Waals surface area (Å²) >= 11 is 1.31. The van der Waals surface area contributed by atoms with Gasteiger partial charge in [-0.2, -0.15) is 0 Å². The number of hydrogen-bond acceptors (Lipinski definition) is 7. The molecule has 0 aliphatic carbocycles. The predicted molar refractivity (Wildman–Crippen MR) is 126 cm³/mol. The molecule has 0 saturated heterocycles. The minimum Gasteiger partial charge on any atom is -0.497 e. The molecule has 2 aromatic heterocycles. The molecule has 1 amide bonds. The molecule has 0 spiro atoms. The molecule has 0 aliphatic heterocycles. The summed E-state index contributed by atoms with van der Waals surface area (Å²) in [6, 6.07) is 17.9. The van der Waals surface area contributed by atoms with Gasteiger partial charge in [0.05, 0.1) is 29.6 Å². The lowest BCUT2D eigenvalue weighted by atomic mass is 10.2. The Labute approximate surface area is 190 Å². The van der Waals surface area contributed by atoms with Gasteiger partial charge >= 0.3 is 0 Å². The van der Waals surface area contributed by atoms with E-state index >= 15 is 0 Å². The minimum atomic E-state index is -3.67. The number of methoxy groups -OCH3 is 1. The molecular weight excluding hydrogens is 446 g/mol. The lowest BCUT2D eigenvalue weighted by Crippen LogP contribution is -2.35. The van der Waals surface area contributed by atoms with E-state index in [1.54, 1.807) is 55.9 Å². The minimum absolute atomic E-state index is 0.171. The van der Waals surface area contributed by atoms with E-state index in [4.69, 9.17) is 4.74 Å². The van der Waals surface area contributed by atoms with Gasteiger partial charge in [0.15, 0.2) is 15.0 Å². The van der Waals surface area contributed by atoms with E-state index in [0.717, 1.165) is 10.3 Å². The molecule has 7 nitrogen and oxygen atoms in total. The van der Waals surface area contributed by atoms with Crippen molar-refractivity contribution in [3.8, 4) is 5.75 Å². The van der Waals surface area contributed by atoms with Crippen LogP contribution in [0.5, 0.6) is 5.75 Å². The van der Waals surface area contributed by atoms with Crippen molar-refractivity contribution in [3.63, 3.8) is 0 Å². The Kier molecular flexibility index (Phi) is 6.48. The van der Waals surface area contributed by atoms with Crippen molar-refractivity contribution < 1.29 is 17.9 Å². The number of carbonyl (C=O) groups is 1. The maximum atomic E-state index is 13.2. The fraction of sp³-hybridized carbons (Fsp3) is 0.174. The molecule has 0 aliphatic rings. The Morgan fingerprint density at radius 1 is 1.06 bits per heavy atom. The third-order valence-electron chi connectivity index (χ3n) is 4.75. The third-order valence-corrected chi connectivity index (χ3v) is 7.25. The number of carbonyl (C=O) groups excluding carboxylic acids is 1. The zero-order chi connectivity index (χ0) is 22.6. The number of pyridine rings is 1. The topological polar surface area (TPSA) is 89.5 Å². The molecule has 2 heterocycles. The predicted octanol–water partition coefficient (Wildman–Crippen LogP) is 3.85. The van der Waals surface area contributed by atoms with E-state index in [-0.39, 0.29) is 12.3 Å². The van der Waals surface area contributed by atoms with Crippen LogP contribution < -0.4 is 9.64 Å². The van der Waals surface area contributed by atoms with Crippen LogP contribution in [0.25, 0.3) is 10.2 Å². The Morgan fingerprint density at radius 2 is 1.84 bits per heavy atom. The summed E-state index contributed by atoms with van der Waals surface area (Å²) in [4.78, 5) is 23.3. The lowest BCUT2D eigenvalue weighted by Gasteiger charge is -2.20. The normalized spacial score (nSPS) is 11.4. The Hall–Kier alpha value is -3.30. The Morgan fingerprint density at radius 3 is 2.56 bits per heavy atom. The molecule has 9 heteroatoms. The second-order valence-electron chi connectivity index (χ2n) is 7.19. The molecule has 0 saturated carbocycles. The van der Waals surface area contributed by atoms with Crippen LogP contribution in [0.4, 0.5) is 5.13 Å². The number of benzene rings is 2. The molecule has 0 N–H and O–H groups in total. The van der Waals surface area contributed by atoms with Crippen LogP contribution in [0, 0.1) is 0 Å². The van der Waals surface area contributed by atoms with Crippen molar-refractivity contribution in [3.05, 3.63) is 84.2 Å². The van der Waals surface area contributed by atoms with Crippen LogP contribution in [0.1, 0.15) is 11.1 Å². The van der Waals surface area contributed by atoms with Crippen molar-refractivity contribution in [1.29, 1.82) is 0 Å². The molecular formula is C23H21N3O4S2. The summed E-state index contributed by atoms with van der Waals surface area (Å²) in [7, 11) is -2.09. The maximum Gasteiger partial charge on any atom is 0.244 e. The van der Waals surface area contributed by atoms with E-state index in [1.807, 2.05) is 24.3 Å². The fourth-order valence-corrected chi connectivity index (χ4v) is 5.56. The molecule has 164 valence electrons. The highest BCUT2D eigenvalue weighted by atomic mass is 32.2. The number of amides is 1. The number of anilines is 1. The first-order valence-corrected chi connectivity index (χ1v) is 12.5. The first kappa shape index (κ1) is 21.9. The van der Waals surface area contributed by atoms with Crippen LogP contribution in [-0.2, 0) is 26.9 Å². The summed E-state index contributed by atoms with van der Waals surface area (Å²) in [5.41, 5.74) is 2.13. The smallest absolute Gasteiger partial charge is 0.244 e. The van der Waals surface area contributed by atoms with Gasteiger partial charge in [0.2, 0.25) is 5.91 Å². The molecule has 0 radical (unpaired) electrons. The Balaban J connectivity index is 1.64. The highest BCUT2D eigenvalue weighted by Crippen LogP contribution is 2.32. The number of fused-ring (bicyclic) bond motifs is 1. The molecule has 0 fully saturated rings. The van der Waals surface area contributed by atoms with Gasteiger partial charge < -0.3 is 4.74 Å². The number of aromatic nitrogens is 2. The second kappa shape index (κ2) is 9.46. The summed E-state index contributed by atoms with van der Waals surface area (Å²) in [6.45, 7) is 0.171. The zero-order valence-electron chi connectivity index (χ0n) is 17.3. The number of nitrogens with zero attached hydrogens (tertiary/aromatic N) is 3. The van der Waals surface area contributed by atoms with Gasteiger partial charge in [-0.25, -0.2) is 13.4 Å². The first-order chi connectivity index (χ1) is 15.4. The standard InChI is InChI=1S/C23H21N3O4S2/c1-30-19-9-10-20-21(12-19)31-23(25-20)26(14-18-8-5-11-24-13-18)22(27)16-32(28,29)15-17-6-3-2-4-7-17/h2-13H,14-16H2,1H3. The van der Waals surface area contributed by atoms with Crippen LogP contribution in [0.3, 0.4) is 0 Å².